The number of carboxylic acid groups (broad SMARTS) is 2. The summed E-state index contributed by atoms with van der Waals surface area (Å²) in [4.78, 5) is 22.0. The van der Waals surface area contributed by atoms with Crippen molar-refractivity contribution in [1.82, 2.24) is 0 Å². The second kappa shape index (κ2) is 3.62. The molecule has 0 saturated heterocycles. The summed E-state index contributed by atoms with van der Waals surface area (Å²) >= 11 is 0. The lowest BCUT2D eigenvalue weighted by molar-refractivity contribution is 0.0696. The summed E-state index contributed by atoms with van der Waals surface area (Å²) in [6, 6.07) is 2.53. The average molecular weight is 234 g/mol. The molecular weight excluding hydrogens is 224 g/mol. The fourth-order valence-corrected chi connectivity index (χ4v) is 1.72. The van der Waals surface area contributed by atoms with Gasteiger partial charge in [0.2, 0.25) is 0 Å². The minimum absolute atomic E-state index is 0.0567. The highest BCUT2D eigenvalue weighted by atomic mass is 16.4. The quantitative estimate of drug-likeness (QED) is 0.833. The molecule has 88 valence electrons. The highest BCUT2D eigenvalue weighted by Crippen LogP contribution is 2.29. The predicted octanol–water partition coefficient (Wildman–Crippen LogP) is 2.45. The molecule has 0 saturated carbocycles. The van der Waals surface area contributed by atoms with Gasteiger partial charge >= 0.3 is 11.9 Å². The number of aromatic carboxylic acids is 2. The molecule has 0 amide bonds. The van der Waals surface area contributed by atoms with Gasteiger partial charge in [0.1, 0.15) is 16.9 Å². The summed E-state index contributed by atoms with van der Waals surface area (Å²) in [5.74, 6) is -1.77. The predicted molar refractivity (Wildman–Crippen MR) is 59.6 cm³/mol. The van der Waals surface area contributed by atoms with Crippen molar-refractivity contribution in [2.45, 2.75) is 13.8 Å². The third kappa shape index (κ3) is 1.65. The van der Waals surface area contributed by atoms with Crippen LogP contribution < -0.4 is 0 Å². The van der Waals surface area contributed by atoms with Crippen LogP contribution >= 0.6 is 0 Å². The van der Waals surface area contributed by atoms with E-state index in [9.17, 15) is 9.59 Å². The maximum Gasteiger partial charge on any atom is 0.339 e. The van der Waals surface area contributed by atoms with Crippen LogP contribution in [-0.2, 0) is 0 Å². The largest absolute Gasteiger partial charge is 0.478 e. The van der Waals surface area contributed by atoms with Crippen molar-refractivity contribution in [3.63, 3.8) is 0 Å². The van der Waals surface area contributed by atoms with Gasteiger partial charge in [-0.15, -0.1) is 0 Å². The number of aryl methyl sites for hydroxylation is 2. The number of carboxylic acids is 2. The molecule has 2 rings (SSSR count). The maximum atomic E-state index is 11.1. The molecule has 0 atom stereocenters. The summed E-state index contributed by atoms with van der Waals surface area (Å²) in [7, 11) is 0. The van der Waals surface area contributed by atoms with E-state index in [0.29, 0.717) is 11.1 Å². The normalized spacial score (nSPS) is 10.7. The van der Waals surface area contributed by atoms with Gasteiger partial charge in [-0.1, -0.05) is 0 Å². The molecule has 0 fully saturated rings. The minimum Gasteiger partial charge on any atom is -0.478 e. The molecule has 0 radical (unpaired) electrons. The first-order chi connectivity index (χ1) is 7.91. The van der Waals surface area contributed by atoms with Crippen molar-refractivity contribution in [3.8, 4) is 0 Å². The van der Waals surface area contributed by atoms with E-state index in [4.69, 9.17) is 14.6 Å². The van der Waals surface area contributed by atoms with Crippen LogP contribution in [0.2, 0.25) is 0 Å². The van der Waals surface area contributed by atoms with Gasteiger partial charge in [-0.25, -0.2) is 9.59 Å². The van der Waals surface area contributed by atoms with Crippen LogP contribution in [0.5, 0.6) is 0 Å². The van der Waals surface area contributed by atoms with E-state index < -0.39 is 11.9 Å². The second-order valence-corrected chi connectivity index (χ2v) is 3.79. The zero-order valence-electron chi connectivity index (χ0n) is 9.27. The SMILES string of the molecule is Cc1oc2c(C(=O)O)cc(C(=O)O)cc2c1C. The summed E-state index contributed by atoms with van der Waals surface area (Å²) in [5.41, 5.74) is 0.790. The Bertz CT molecular complexity index is 636. The molecule has 0 aliphatic carbocycles. The third-order valence-electron chi connectivity index (χ3n) is 2.75. The number of furan rings is 1. The molecule has 17 heavy (non-hydrogen) atoms. The standard InChI is InChI=1S/C12H10O5/c1-5-6(2)17-10-8(5)3-7(11(13)14)4-9(10)12(15)16/h3-4H,1-2H3,(H,13,14)(H,15,16). The van der Waals surface area contributed by atoms with Gasteiger partial charge in [0.05, 0.1) is 5.56 Å². The Morgan fingerprint density at radius 2 is 1.76 bits per heavy atom. The van der Waals surface area contributed by atoms with Crippen LogP contribution in [0.1, 0.15) is 32.0 Å². The van der Waals surface area contributed by atoms with E-state index >= 15 is 0 Å². The molecule has 5 nitrogen and oxygen atoms in total. The zero-order valence-corrected chi connectivity index (χ0v) is 9.27. The molecule has 1 aromatic carbocycles. The Kier molecular flexibility index (Phi) is 2.38. The van der Waals surface area contributed by atoms with Crippen LogP contribution in [0, 0.1) is 13.8 Å². The second-order valence-electron chi connectivity index (χ2n) is 3.79. The number of hydrogen-bond donors (Lipinski definition) is 2. The first kappa shape index (κ1) is 11.2. The first-order valence-corrected chi connectivity index (χ1v) is 4.92. The lowest BCUT2D eigenvalue weighted by atomic mass is 10.0. The van der Waals surface area contributed by atoms with Crippen molar-refractivity contribution < 1.29 is 24.2 Å². The Hall–Kier alpha value is -2.30. The number of fused-ring (bicyclic) bond motifs is 1. The molecule has 0 aliphatic rings. The number of hydrogen-bond acceptors (Lipinski definition) is 3. The summed E-state index contributed by atoms with van der Waals surface area (Å²) in [6.45, 7) is 3.47. The van der Waals surface area contributed by atoms with E-state index in [1.54, 1.807) is 13.8 Å². The van der Waals surface area contributed by atoms with Crippen LogP contribution in [0.3, 0.4) is 0 Å². The maximum absolute atomic E-state index is 11.1. The average Bonchev–Trinajstić information content (AvgIpc) is 2.54. The van der Waals surface area contributed by atoms with Gasteiger partial charge in [0.25, 0.3) is 0 Å². The zero-order chi connectivity index (χ0) is 12.7. The Morgan fingerprint density at radius 1 is 1.12 bits per heavy atom. The van der Waals surface area contributed by atoms with Gasteiger partial charge in [-0.05, 0) is 31.5 Å². The van der Waals surface area contributed by atoms with Crippen molar-refractivity contribution in [2.24, 2.45) is 0 Å². The Labute approximate surface area is 96.3 Å². The van der Waals surface area contributed by atoms with Gasteiger partial charge in [-0.2, -0.15) is 0 Å². The van der Waals surface area contributed by atoms with Crippen molar-refractivity contribution in [3.05, 3.63) is 34.6 Å². The molecule has 2 N–H and O–H groups in total. The van der Waals surface area contributed by atoms with Gasteiger partial charge in [0, 0.05) is 5.39 Å². The molecule has 0 spiro atoms. The van der Waals surface area contributed by atoms with Gasteiger partial charge in [-0.3, -0.25) is 0 Å². The lowest BCUT2D eigenvalue weighted by Crippen LogP contribution is -2.02. The van der Waals surface area contributed by atoms with Gasteiger partial charge in [0.15, 0.2) is 0 Å². The van der Waals surface area contributed by atoms with Crippen molar-refractivity contribution >= 4 is 22.9 Å². The van der Waals surface area contributed by atoms with Crippen LogP contribution in [0.4, 0.5) is 0 Å². The molecule has 0 bridgehead atoms. The third-order valence-corrected chi connectivity index (χ3v) is 2.75. The summed E-state index contributed by atoms with van der Waals surface area (Å²) in [5, 5.41) is 18.5. The fraction of sp³-hybridized carbons (Fsp3) is 0.167. The van der Waals surface area contributed by atoms with Crippen LogP contribution in [0.25, 0.3) is 11.0 Å². The summed E-state index contributed by atoms with van der Waals surface area (Å²) < 4.78 is 5.35. The molecule has 5 heteroatoms. The molecule has 0 unspecified atom stereocenters. The molecule has 0 aliphatic heterocycles. The van der Waals surface area contributed by atoms with E-state index in [0.717, 1.165) is 11.6 Å². The highest BCUT2D eigenvalue weighted by Gasteiger charge is 2.19. The Balaban J connectivity index is 2.91. The highest BCUT2D eigenvalue weighted by molar-refractivity contribution is 6.06. The molecule has 1 heterocycles. The van der Waals surface area contributed by atoms with E-state index in [1.807, 2.05) is 0 Å². The minimum atomic E-state index is -1.20. The lowest BCUT2D eigenvalue weighted by Gasteiger charge is -2.00. The van der Waals surface area contributed by atoms with E-state index in [1.165, 1.54) is 6.07 Å². The molecule has 1 aromatic heterocycles. The van der Waals surface area contributed by atoms with Crippen molar-refractivity contribution in [1.29, 1.82) is 0 Å². The fourth-order valence-electron chi connectivity index (χ4n) is 1.72. The smallest absolute Gasteiger partial charge is 0.339 e. The monoisotopic (exact) mass is 234 g/mol. The van der Waals surface area contributed by atoms with E-state index in [2.05, 4.69) is 0 Å². The van der Waals surface area contributed by atoms with Crippen LogP contribution in [-0.4, -0.2) is 22.2 Å². The molecule has 2 aromatic rings. The van der Waals surface area contributed by atoms with Crippen molar-refractivity contribution in [2.75, 3.05) is 0 Å². The number of carbonyl (C=O) groups is 2. The Morgan fingerprint density at radius 3 is 2.29 bits per heavy atom. The topological polar surface area (TPSA) is 87.7 Å². The first-order valence-electron chi connectivity index (χ1n) is 4.92. The van der Waals surface area contributed by atoms with Crippen LogP contribution in [0.15, 0.2) is 16.5 Å². The summed E-state index contributed by atoms with van der Waals surface area (Å²) in [6.07, 6.45) is 0. The van der Waals surface area contributed by atoms with E-state index in [-0.39, 0.29) is 16.7 Å². The number of benzene rings is 1. The van der Waals surface area contributed by atoms with Gasteiger partial charge < -0.3 is 14.6 Å². The number of rotatable bonds is 2. The molecular formula is C12H10O5.